The lowest BCUT2D eigenvalue weighted by Gasteiger charge is -2.37. The van der Waals surface area contributed by atoms with E-state index in [1.165, 1.54) is 0 Å². The maximum atomic E-state index is 12.4. The van der Waals surface area contributed by atoms with Crippen LogP contribution in [0.2, 0.25) is 0 Å². The van der Waals surface area contributed by atoms with Gasteiger partial charge in [0.25, 0.3) is 5.91 Å². The number of piperidine rings is 1. The van der Waals surface area contributed by atoms with Crippen LogP contribution in [0.3, 0.4) is 0 Å². The van der Waals surface area contributed by atoms with Crippen LogP contribution in [-0.4, -0.2) is 56.9 Å². The Morgan fingerprint density at radius 3 is 2.52 bits per heavy atom. The first-order valence-corrected chi connectivity index (χ1v) is 7.73. The van der Waals surface area contributed by atoms with E-state index in [1.807, 2.05) is 24.9 Å². The molecule has 0 bridgehead atoms. The summed E-state index contributed by atoms with van der Waals surface area (Å²) in [5.41, 5.74) is 0.954. The Hall–Kier alpha value is -2.57. The van der Waals surface area contributed by atoms with Crippen LogP contribution in [0, 0.1) is 6.92 Å². The van der Waals surface area contributed by atoms with Gasteiger partial charge < -0.3 is 9.80 Å². The minimum absolute atomic E-state index is 0.0930. The maximum absolute atomic E-state index is 12.4. The third-order valence-electron chi connectivity index (χ3n) is 4.21. The zero-order valence-electron chi connectivity index (χ0n) is 13.4. The molecule has 0 radical (unpaired) electrons. The normalized spacial score (nSPS) is 15.5. The van der Waals surface area contributed by atoms with Crippen molar-refractivity contribution in [2.45, 2.75) is 25.8 Å². The van der Waals surface area contributed by atoms with Crippen LogP contribution in [0.4, 0.5) is 5.82 Å². The van der Waals surface area contributed by atoms with Gasteiger partial charge in [-0.15, -0.1) is 0 Å². The Kier molecular flexibility index (Phi) is 4.45. The molecule has 1 amide bonds. The van der Waals surface area contributed by atoms with Gasteiger partial charge in [-0.25, -0.2) is 19.9 Å². The van der Waals surface area contributed by atoms with Crippen molar-refractivity contribution < 1.29 is 4.79 Å². The average Bonchev–Trinajstić information content (AvgIpc) is 2.61. The number of anilines is 1. The molecular weight excluding hydrogens is 292 g/mol. The summed E-state index contributed by atoms with van der Waals surface area (Å²) in [5, 5.41) is 0. The second-order valence-corrected chi connectivity index (χ2v) is 5.72. The first kappa shape index (κ1) is 15.3. The van der Waals surface area contributed by atoms with E-state index < -0.39 is 0 Å². The van der Waals surface area contributed by atoms with Gasteiger partial charge >= 0.3 is 0 Å². The Labute approximate surface area is 135 Å². The van der Waals surface area contributed by atoms with Gasteiger partial charge in [-0.3, -0.25) is 4.79 Å². The molecule has 1 aliphatic heterocycles. The van der Waals surface area contributed by atoms with E-state index in [2.05, 4.69) is 24.8 Å². The Bertz CT molecular complexity index is 669. The monoisotopic (exact) mass is 312 g/mol. The van der Waals surface area contributed by atoms with E-state index >= 15 is 0 Å². The Morgan fingerprint density at radius 2 is 1.87 bits per heavy atom. The fourth-order valence-electron chi connectivity index (χ4n) is 2.83. The Balaban J connectivity index is 1.61. The fourth-order valence-corrected chi connectivity index (χ4v) is 2.83. The molecule has 2 aromatic heterocycles. The predicted molar refractivity (Wildman–Crippen MR) is 86.1 cm³/mol. The van der Waals surface area contributed by atoms with Crippen molar-refractivity contribution in [3.05, 3.63) is 42.4 Å². The highest BCUT2D eigenvalue weighted by molar-refractivity contribution is 5.90. The van der Waals surface area contributed by atoms with Crippen molar-refractivity contribution in [3.8, 4) is 0 Å². The molecule has 7 heteroatoms. The van der Waals surface area contributed by atoms with Crippen molar-refractivity contribution in [2.24, 2.45) is 0 Å². The van der Waals surface area contributed by atoms with Crippen LogP contribution < -0.4 is 4.90 Å². The summed E-state index contributed by atoms with van der Waals surface area (Å²) in [6, 6.07) is 4.06. The van der Waals surface area contributed by atoms with Gasteiger partial charge in [-0.1, -0.05) is 0 Å². The number of amides is 1. The highest BCUT2D eigenvalue weighted by Crippen LogP contribution is 2.21. The molecule has 3 rings (SSSR count). The molecule has 0 N–H and O–H groups in total. The van der Waals surface area contributed by atoms with E-state index in [4.69, 9.17) is 0 Å². The van der Waals surface area contributed by atoms with Crippen molar-refractivity contribution >= 4 is 11.7 Å². The highest BCUT2D eigenvalue weighted by Gasteiger charge is 2.27. The number of rotatable bonds is 3. The topological polar surface area (TPSA) is 75.1 Å². The molecule has 3 heterocycles. The summed E-state index contributed by atoms with van der Waals surface area (Å²) in [6.07, 6.45) is 6.58. The van der Waals surface area contributed by atoms with Crippen molar-refractivity contribution in [1.82, 2.24) is 24.8 Å². The van der Waals surface area contributed by atoms with E-state index in [0.717, 1.165) is 24.4 Å². The average molecular weight is 312 g/mol. The molecule has 2 aromatic rings. The van der Waals surface area contributed by atoms with Crippen LogP contribution in [0.5, 0.6) is 0 Å². The molecule has 0 atom stereocenters. The number of aryl methyl sites for hydroxylation is 1. The van der Waals surface area contributed by atoms with Crippen molar-refractivity contribution in [1.29, 1.82) is 0 Å². The number of carbonyl (C=O) groups excluding carboxylic acids is 1. The lowest BCUT2D eigenvalue weighted by Crippen LogP contribution is -2.46. The summed E-state index contributed by atoms with van der Waals surface area (Å²) in [7, 11) is 2.05. The molecular formula is C16H20N6O. The SMILES string of the molecule is Cc1cc(N(C)C2CCN(C(=O)c3ncccn3)CC2)ncn1. The molecule has 23 heavy (non-hydrogen) atoms. The van der Waals surface area contributed by atoms with Gasteiger partial charge in [0.1, 0.15) is 12.1 Å². The van der Waals surface area contributed by atoms with E-state index in [-0.39, 0.29) is 11.7 Å². The van der Waals surface area contributed by atoms with E-state index in [1.54, 1.807) is 24.8 Å². The second-order valence-electron chi connectivity index (χ2n) is 5.72. The first-order chi connectivity index (χ1) is 11.1. The Morgan fingerprint density at radius 1 is 1.17 bits per heavy atom. The lowest BCUT2D eigenvalue weighted by atomic mass is 10.0. The largest absolute Gasteiger partial charge is 0.356 e. The zero-order chi connectivity index (χ0) is 16.2. The minimum Gasteiger partial charge on any atom is -0.356 e. The molecule has 0 aromatic carbocycles. The van der Waals surface area contributed by atoms with Crippen LogP contribution in [0.25, 0.3) is 0 Å². The van der Waals surface area contributed by atoms with Gasteiger partial charge in [0.2, 0.25) is 5.82 Å². The van der Waals surface area contributed by atoms with Crippen LogP contribution >= 0.6 is 0 Å². The molecule has 7 nitrogen and oxygen atoms in total. The van der Waals surface area contributed by atoms with E-state index in [0.29, 0.717) is 19.1 Å². The van der Waals surface area contributed by atoms with Crippen molar-refractivity contribution in [2.75, 3.05) is 25.0 Å². The van der Waals surface area contributed by atoms with Gasteiger partial charge in [0.15, 0.2) is 0 Å². The van der Waals surface area contributed by atoms with Gasteiger partial charge in [-0.2, -0.15) is 0 Å². The quantitative estimate of drug-likeness (QED) is 0.851. The molecule has 1 aliphatic rings. The van der Waals surface area contributed by atoms with Gasteiger partial charge in [-0.05, 0) is 25.8 Å². The molecule has 0 saturated carbocycles. The van der Waals surface area contributed by atoms with Crippen LogP contribution in [0.15, 0.2) is 30.9 Å². The number of aromatic nitrogens is 4. The predicted octanol–water partition coefficient (Wildman–Crippen LogP) is 1.32. The smallest absolute Gasteiger partial charge is 0.291 e. The standard InChI is InChI=1S/C16H20N6O/c1-12-10-14(20-11-19-12)21(2)13-4-8-22(9-5-13)16(23)15-17-6-3-7-18-15/h3,6-7,10-11,13H,4-5,8-9H2,1-2H3. The number of hydrogen-bond acceptors (Lipinski definition) is 6. The summed E-state index contributed by atoms with van der Waals surface area (Å²) < 4.78 is 0. The lowest BCUT2D eigenvalue weighted by molar-refractivity contribution is 0.0700. The van der Waals surface area contributed by atoms with Gasteiger partial charge in [0, 0.05) is 50.3 Å². The summed E-state index contributed by atoms with van der Waals surface area (Å²) >= 11 is 0. The number of carbonyl (C=O) groups is 1. The van der Waals surface area contributed by atoms with Gasteiger partial charge in [0.05, 0.1) is 0 Å². The number of likely N-dealkylation sites (tertiary alicyclic amines) is 1. The van der Waals surface area contributed by atoms with E-state index in [9.17, 15) is 4.79 Å². The third-order valence-corrected chi connectivity index (χ3v) is 4.21. The first-order valence-electron chi connectivity index (χ1n) is 7.73. The molecule has 0 spiro atoms. The second kappa shape index (κ2) is 6.68. The zero-order valence-corrected chi connectivity index (χ0v) is 13.4. The number of nitrogens with zero attached hydrogens (tertiary/aromatic N) is 6. The highest BCUT2D eigenvalue weighted by atomic mass is 16.2. The van der Waals surface area contributed by atoms with Crippen LogP contribution in [0.1, 0.15) is 29.2 Å². The molecule has 1 saturated heterocycles. The fraction of sp³-hybridized carbons (Fsp3) is 0.438. The molecule has 1 fully saturated rings. The molecule has 0 aliphatic carbocycles. The molecule has 0 unspecified atom stereocenters. The third kappa shape index (κ3) is 3.44. The summed E-state index contributed by atoms with van der Waals surface area (Å²) in [4.78, 5) is 32.9. The number of hydrogen-bond donors (Lipinski definition) is 0. The summed E-state index contributed by atoms with van der Waals surface area (Å²) in [5.74, 6) is 1.10. The minimum atomic E-state index is -0.0930. The van der Waals surface area contributed by atoms with Crippen LogP contribution in [-0.2, 0) is 0 Å². The summed E-state index contributed by atoms with van der Waals surface area (Å²) in [6.45, 7) is 3.37. The maximum Gasteiger partial charge on any atom is 0.291 e. The molecule has 120 valence electrons. The van der Waals surface area contributed by atoms with Crippen molar-refractivity contribution in [3.63, 3.8) is 0 Å².